The number of carbonyl (C=O) groups excluding carboxylic acids is 1. The van der Waals surface area contributed by atoms with Crippen LogP contribution in [-0.2, 0) is 9.53 Å². The van der Waals surface area contributed by atoms with Crippen molar-refractivity contribution in [3.8, 4) is 0 Å². The molecule has 0 radical (unpaired) electrons. The molecular weight excluding hydrogens is 457 g/mol. The fourth-order valence-electron chi connectivity index (χ4n) is 3.73. The molecule has 27 heavy (non-hydrogen) atoms. The molecule has 2 rings (SSSR count). The highest BCUT2D eigenvalue weighted by atomic mass is 127. The molecule has 1 aliphatic carbocycles. The number of amides is 1. The largest absolute Gasteiger partial charge is 0.379 e. The molecule has 1 heterocycles. The molecule has 1 aliphatic heterocycles. The average molecular weight is 493 g/mol. The molecule has 0 atom stereocenters. The third kappa shape index (κ3) is 7.57. The van der Waals surface area contributed by atoms with Crippen molar-refractivity contribution >= 4 is 35.8 Å². The first-order valence-electron chi connectivity index (χ1n) is 9.73. The molecule has 0 aromatic heterocycles. The third-order valence-corrected chi connectivity index (χ3v) is 5.34. The quantitative estimate of drug-likeness (QED) is 0.243. The molecule has 156 valence electrons. The third-order valence-electron chi connectivity index (χ3n) is 5.34. The molecule has 1 saturated heterocycles. The van der Waals surface area contributed by atoms with Crippen molar-refractivity contribution in [3.63, 3.8) is 0 Å². The smallest absolute Gasteiger partial charge is 0.243 e. The first-order chi connectivity index (χ1) is 12.6. The molecule has 8 heteroatoms. The Kier molecular flexibility index (Phi) is 11.2. The van der Waals surface area contributed by atoms with Crippen LogP contribution >= 0.6 is 24.0 Å². The number of halogens is 1. The second-order valence-electron chi connectivity index (χ2n) is 7.36. The zero-order chi connectivity index (χ0) is 18.8. The standard InChI is InChI=1S/C19H35N5O2.HI/c1-4-10-20-18(21-15-17(25)23(2)3)22-16-19(8-6-5-7-9-19)24-11-13-26-14-12-24;/h4H,1,5-16H2,2-3H3,(H2,20,21,22);1H. The topological polar surface area (TPSA) is 69.2 Å². The summed E-state index contributed by atoms with van der Waals surface area (Å²) in [5.41, 5.74) is 0.157. The number of hydrogen-bond acceptors (Lipinski definition) is 4. The van der Waals surface area contributed by atoms with Crippen LogP contribution in [0.3, 0.4) is 0 Å². The molecule has 1 amide bonds. The van der Waals surface area contributed by atoms with E-state index < -0.39 is 0 Å². The van der Waals surface area contributed by atoms with E-state index in [9.17, 15) is 4.79 Å². The van der Waals surface area contributed by atoms with E-state index >= 15 is 0 Å². The molecule has 7 nitrogen and oxygen atoms in total. The summed E-state index contributed by atoms with van der Waals surface area (Å²) in [6.07, 6.45) is 8.05. The Morgan fingerprint density at radius 1 is 1.22 bits per heavy atom. The number of rotatable bonds is 7. The molecule has 2 aliphatic rings. The molecular formula is C19H36IN5O2. The monoisotopic (exact) mass is 493 g/mol. The number of guanidine groups is 1. The second-order valence-corrected chi connectivity index (χ2v) is 7.36. The van der Waals surface area contributed by atoms with Crippen LogP contribution in [0.15, 0.2) is 17.6 Å². The summed E-state index contributed by atoms with van der Waals surface area (Å²) in [4.78, 5) is 20.5. The van der Waals surface area contributed by atoms with E-state index in [-0.39, 0.29) is 42.0 Å². The van der Waals surface area contributed by atoms with E-state index in [0.717, 1.165) is 32.8 Å². The van der Waals surface area contributed by atoms with Gasteiger partial charge < -0.3 is 20.3 Å². The minimum absolute atomic E-state index is 0. The summed E-state index contributed by atoms with van der Waals surface area (Å²) in [5, 5.41) is 6.72. The van der Waals surface area contributed by atoms with Gasteiger partial charge in [-0.25, -0.2) is 4.99 Å². The number of nitrogens with one attached hydrogen (secondary N) is 2. The van der Waals surface area contributed by atoms with E-state index in [4.69, 9.17) is 4.74 Å². The lowest BCUT2D eigenvalue weighted by molar-refractivity contribution is -0.127. The van der Waals surface area contributed by atoms with Crippen molar-refractivity contribution in [1.29, 1.82) is 0 Å². The zero-order valence-corrected chi connectivity index (χ0v) is 19.2. The van der Waals surface area contributed by atoms with Gasteiger partial charge in [0.25, 0.3) is 0 Å². The summed E-state index contributed by atoms with van der Waals surface area (Å²) in [6.45, 7) is 8.97. The van der Waals surface area contributed by atoms with Crippen molar-refractivity contribution < 1.29 is 9.53 Å². The Bertz CT molecular complexity index is 486. The van der Waals surface area contributed by atoms with E-state index in [1.54, 1.807) is 25.1 Å². The highest BCUT2D eigenvalue weighted by Gasteiger charge is 2.38. The average Bonchev–Trinajstić information content (AvgIpc) is 2.68. The van der Waals surface area contributed by atoms with Gasteiger partial charge in [-0.05, 0) is 12.8 Å². The van der Waals surface area contributed by atoms with Crippen molar-refractivity contribution in [1.82, 2.24) is 20.4 Å². The number of likely N-dealkylation sites (N-methyl/N-ethyl adjacent to an activating group) is 1. The van der Waals surface area contributed by atoms with E-state index in [1.807, 2.05) is 0 Å². The maximum absolute atomic E-state index is 11.9. The summed E-state index contributed by atoms with van der Waals surface area (Å²) in [7, 11) is 3.50. The molecule has 0 aromatic carbocycles. The Labute approximate surface area is 181 Å². The van der Waals surface area contributed by atoms with Crippen LogP contribution in [0.1, 0.15) is 32.1 Å². The number of ether oxygens (including phenoxy) is 1. The number of hydrogen-bond donors (Lipinski definition) is 2. The minimum Gasteiger partial charge on any atom is -0.379 e. The maximum Gasteiger partial charge on any atom is 0.243 e. The van der Waals surface area contributed by atoms with Crippen LogP contribution < -0.4 is 10.6 Å². The van der Waals surface area contributed by atoms with Crippen LogP contribution in [0.5, 0.6) is 0 Å². The normalized spacial score (nSPS) is 20.3. The van der Waals surface area contributed by atoms with Gasteiger partial charge in [0.2, 0.25) is 5.91 Å². The van der Waals surface area contributed by atoms with Crippen molar-refractivity contribution in [2.75, 3.05) is 60.0 Å². The van der Waals surface area contributed by atoms with Gasteiger partial charge in [-0.1, -0.05) is 25.3 Å². The van der Waals surface area contributed by atoms with Gasteiger partial charge in [0.1, 0.15) is 6.54 Å². The van der Waals surface area contributed by atoms with Gasteiger partial charge in [0.15, 0.2) is 5.96 Å². The highest BCUT2D eigenvalue weighted by Crippen LogP contribution is 2.33. The van der Waals surface area contributed by atoms with Crippen LogP contribution in [0, 0.1) is 0 Å². The second kappa shape index (κ2) is 12.6. The molecule has 1 saturated carbocycles. The predicted molar refractivity (Wildman–Crippen MR) is 121 cm³/mol. The van der Waals surface area contributed by atoms with Crippen molar-refractivity contribution in [2.24, 2.45) is 4.99 Å². The lowest BCUT2D eigenvalue weighted by Crippen LogP contribution is -2.60. The van der Waals surface area contributed by atoms with Crippen LogP contribution in [0.2, 0.25) is 0 Å². The highest BCUT2D eigenvalue weighted by molar-refractivity contribution is 14.0. The number of nitrogens with zero attached hydrogens (tertiary/aromatic N) is 3. The first kappa shape index (κ1) is 24.2. The molecule has 0 bridgehead atoms. The zero-order valence-electron chi connectivity index (χ0n) is 16.8. The van der Waals surface area contributed by atoms with E-state index in [0.29, 0.717) is 12.5 Å². The summed E-state index contributed by atoms with van der Waals surface area (Å²) < 4.78 is 5.55. The van der Waals surface area contributed by atoms with E-state index in [1.165, 1.54) is 32.1 Å². The van der Waals surface area contributed by atoms with Crippen molar-refractivity contribution in [3.05, 3.63) is 12.7 Å². The van der Waals surface area contributed by atoms with Crippen LogP contribution in [0.25, 0.3) is 0 Å². The molecule has 0 spiro atoms. The molecule has 0 aromatic rings. The fourth-order valence-corrected chi connectivity index (χ4v) is 3.73. The van der Waals surface area contributed by atoms with Gasteiger partial charge in [-0.2, -0.15) is 0 Å². The lowest BCUT2D eigenvalue weighted by Gasteiger charge is -2.48. The Morgan fingerprint density at radius 3 is 2.48 bits per heavy atom. The minimum atomic E-state index is -0.00902. The fraction of sp³-hybridized carbons (Fsp3) is 0.789. The summed E-state index contributed by atoms with van der Waals surface area (Å²) in [5.74, 6) is 0.670. The van der Waals surface area contributed by atoms with E-state index in [2.05, 4.69) is 27.1 Å². The SMILES string of the molecule is C=CCNC(=NCC(=O)N(C)C)NCC1(N2CCOCC2)CCCCC1.I. The Morgan fingerprint density at radius 2 is 1.89 bits per heavy atom. The van der Waals surface area contributed by atoms with Gasteiger partial charge in [0, 0.05) is 45.8 Å². The summed E-state index contributed by atoms with van der Waals surface area (Å²) in [6, 6.07) is 0. The Balaban J connectivity index is 0.00000364. The van der Waals surface area contributed by atoms with Crippen molar-refractivity contribution in [2.45, 2.75) is 37.6 Å². The number of aliphatic imine (C=N–C) groups is 1. The molecule has 0 unspecified atom stereocenters. The van der Waals surface area contributed by atoms with Gasteiger partial charge in [-0.15, -0.1) is 30.6 Å². The first-order valence-corrected chi connectivity index (χ1v) is 9.73. The van der Waals surface area contributed by atoms with Gasteiger partial charge in [0.05, 0.1) is 13.2 Å². The predicted octanol–water partition coefficient (Wildman–Crippen LogP) is 1.45. The lowest BCUT2D eigenvalue weighted by atomic mass is 9.80. The maximum atomic E-state index is 11.9. The molecule has 2 N–H and O–H groups in total. The number of morpholine rings is 1. The molecule has 2 fully saturated rings. The summed E-state index contributed by atoms with van der Waals surface area (Å²) >= 11 is 0. The van der Waals surface area contributed by atoms with Gasteiger partial charge in [-0.3, -0.25) is 9.69 Å². The Hall–Kier alpha value is -0.870. The van der Waals surface area contributed by atoms with Crippen LogP contribution in [0.4, 0.5) is 0 Å². The van der Waals surface area contributed by atoms with Crippen LogP contribution in [-0.4, -0.2) is 87.2 Å². The number of carbonyl (C=O) groups is 1. The van der Waals surface area contributed by atoms with Gasteiger partial charge >= 0.3 is 0 Å².